The number of sulfonamides is 1. The van der Waals surface area contributed by atoms with E-state index in [2.05, 4.69) is 17.0 Å². The molecule has 0 unspecified atom stereocenters. The van der Waals surface area contributed by atoms with Gasteiger partial charge in [-0.2, -0.15) is 0 Å². The number of benzene rings is 2. The van der Waals surface area contributed by atoms with Crippen molar-refractivity contribution in [2.45, 2.75) is 63.3 Å². The number of anilines is 1. The maximum Gasteiger partial charge on any atom is 0.338 e. The highest BCUT2D eigenvalue weighted by Crippen LogP contribution is 2.61. The van der Waals surface area contributed by atoms with E-state index in [9.17, 15) is 22.4 Å². The lowest BCUT2D eigenvalue weighted by Gasteiger charge is -2.59. The summed E-state index contributed by atoms with van der Waals surface area (Å²) in [4.78, 5) is 25.1. The first-order valence-electron chi connectivity index (χ1n) is 12.9. The Morgan fingerprint density at radius 1 is 1.05 bits per heavy atom. The van der Waals surface area contributed by atoms with Crippen LogP contribution in [0.1, 0.15) is 61.4 Å². The Labute approximate surface area is 217 Å². The van der Waals surface area contributed by atoms with Crippen LogP contribution in [0.15, 0.2) is 47.4 Å². The average Bonchev–Trinajstić information content (AvgIpc) is 2.83. The van der Waals surface area contributed by atoms with Crippen molar-refractivity contribution in [1.29, 1.82) is 0 Å². The van der Waals surface area contributed by atoms with Gasteiger partial charge in [0.25, 0.3) is 15.9 Å². The summed E-state index contributed by atoms with van der Waals surface area (Å²) in [5.41, 5.74) is 0.759. The molecule has 2 aromatic carbocycles. The fraction of sp³-hybridized carbons (Fsp3) is 0.500. The predicted molar refractivity (Wildman–Crippen MR) is 137 cm³/mol. The number of hydrogen-bond donors (Lipinski definition) is 2. The van der Waals surface area contributed by atoms with E-state index in [4.69, 9.17) is 4.74 Å². The fourth-order valence-corrected chi connectivity index (χ4v) is 8.45. The first-order chi connectivity index (χ1) is 17.5. The molecule has 2 aromatic rings. The number of rotatable bonds is 8. The third-order valence-electron chi connectivity index (χ3n) is 8.51. The highest BCUT2D eigenvalue weighted by Gasteiger charge is 2.53. The number of hydrogen-bond acceptors (Lipinski definition) is 5. The molecule has 0 spiro atoms. The second-order valence-corrected chi connectivity index (χ2v) is 12.9. The summed E-state index contributed by atoms with van der Waals surface area (Å²) in [6.45, 7) is 3.23. The van der Waals surface area contributed by atoms with Gasteiger partial charge in [0.2, 0.25) is 0 Å². The summed E-state index contributed by atoms with van der Waals surface area (Å²) in [7, 11) is -4.07. The van der Waals surface area contributed by atoms with Crippen molar-refractivity contribution in [1.82, 2.24) is 5.32 Å². The molecule has 4 saturated carbocycles. The minimum atomic E-state index is -4.07. The van der Waals surface area contributed by atoms with E-state index in [1.807, 2.05) is 0 Å². The quantitative estimate of drug-likeness (QED) is 0.479. The molecule has 4 fully saturated rings. The normalized spacial score (nSPS) is 26.9. The number of halogens is 1. The molecule has 0 aliphatic heterocycles. The van der Waals surface area contributed by atoms with E-state index >= 15 is 0 Å². The summed E-state index contributed by atoms with van der Waals surface area (Å²) >= 11 is 0. The van der Waals surface area contributed by atoms with Gasteiger partial charge in [-0.15, -0.1) is 0 Å². The van der Waals surface area contributed by atoms with Gasteiger partial charge in [0.15, 0.2) is 6.61 Å². The van der Waals surface area contributed by atoms with Crippen LogP contribution in [0, 0.1) is 35.9 Å². The number of nitrogens with one attached hydrogen (secondary N) is 2. The van der Waals surface area contributed by atoms with E-state index in [1.165, 1.54) is 74.9 Å². The van der Waals surface area contributed by atoms with Gasteiger partial charge >= 0.3 is 5.97 Å². The van der Waals surface area contributed by atoms with Crippen molar-refractivity contribution in [3.05, 3.63) is 59.4 Å². The summed E-state index contributed by atoms with van der Waals surface area (Å²) in [6.07, 6.45) is 7.48. The summed E-state index contributed by atoms with van der Waals surface area (Å²) in [5, 5.41) is 3.08. The Balaban J connectivity index is 1.18. The van der Waals surface area contributed by atoms with Crippen molar-refractivity contribution in [3.63, 3.8) is 0 Å². The maximum absolute atomic E-state index is 13.6. The number of aryl methyl sites for hydroxylation is 1. The molecule has 1 atom stereocenters. The molecule has 4 aliphatic rings. The van der Waals surface area contributed by atoms with Crippen molar-refractivity contribution in [3.8, 4) is 0 Å². The van der Waals surface area contributed by atoms with Gasteiger partial charge in [-0.1, -0.05) is 12.1 Å². The van der Waals surface area contributed by atoms with E-state index in [0.717, 1.165) is 23.8 Å². The van der Waals surface area contributed by atoms with Crippen LogP contribution in [0.25, 0.3) is 0 Å². The highest BCUT2D eigenvalue weighted by atomic mass is 32.2. The van der Waals surface area contributed by atoms with Crippen LogP contribution >= 0.6 is 0 Å². The Morgan fingerprint density at radius 3 is 2.35 bits per heavy atom. The molecule has 198 valence electrons. The van der Waals surface area contributed by atoms with Gasteiger partial charge in [-0.05, 0) is 111 Å². The van der Waals surface area contributed by atoms with Gasteiger partial charge in [0.1, 0.15) is 5.82 Å². The maximum atomic E-state index is 13.6. The zero-order valence-electron chi connectivity index (χ0n) is 21.1. The molecule has 2 N–H and O–H groups in total. The molecule has 0 radical (unpaired) electrons. The second kappa shape index (κ2) is 9.74. The third-order valence-corrected chi connectivity index (χ3v) is 10.0. The standard InChI is InChI=1S/C28H33FN2O5S/c1-17-6-7-23(29)12-25(17)37(34,35)31-24-5-3-4-22(11-24)27(33)36-16-26(32)30-18(2)28-13-19-8-20(14-28)10-21(9-19)15-28/h3-7,11-12,18-21,31H,8-10,13-16H2,1-2H3,(H,30,32)/t18-,19?,20?,21?,28?/m0/s1. The molecule has 4 bridgehead atoms. The Hall–Kier alpha value is -2.94. The van der Waals surface area contributed by atoms with Crippen LogP contribution in [-0.2, 0) is 19.6 Å². The second-order valence-electron chi connectivity index (χ2n) is 11.2. The number of esters is 1. The highest BCUT2D eigenvalue weighted by molar-refractivity contribution is 7.92. The predicted octanol–water partition coefficient (Wildman–Crippen LogP) is 4.81. The number of carbonyl (C=O) groups excluding carboxylic acids is 2. The Kier molecular flexibility index (Phi) is 6.77. The minimum absolute atomic E-state index is 0.0242. The summed E-state index contributed by atoms with van der Waals surface area (Å²) < 4.78 is 46.7. The number of carbonyl (C=O) groups is 2. The summed E-state index contributed by atoms with van der Waals surface area (Å²) in [6, 6.07) is 9.31. The van der Waals surface area contributed by atoms with Crippen LogP contribution in [0.2, 0.25) is 0 Å². The number of ether oxygens (including phenoxy) is 1. The van der Waals surface area contributed by atoms with E-state index < -0.39 is 28.4 Å². The van der Waals surface area contributed by atoms with E-state index in [0.29, 0.717) is 5.56 Å². The minimum Gasteiger partial charge on any atom is -0.452 e. The Bertz CT molecular complexity index is 1290. The van der Waals surface area contributed by atoms with Gasteiger partial charge in [-0.3, -0.25) is 9.52 Å². The molecule has 0 saturated heterocycles. The molecule has 0 heterocycles. The van der Waals surface area contributed by atoms with Crippen molar-refractivity contribution in [2.24, 2.45) is 23.2 Å². The first-order valence-corrected chi connectivity index (χ1v) is 14.4. The topological polar surface area (TPSA) is 102 Å². The molecule has 9 heteroatoms. The smallest absolute Gasteiger partial charge is 0.338 e. The van der Waals surface area contributed by atoms with Crippen LogP contribution in [-0.4, -0.2) is 32.9 Å². The molecule has 7 nitrogen and oxygen atoms in total. The van der Waals surface area contributed by atoms with Gasteiger partial charge in [-0.25, -0.2) is 17.6 Å². The van der Waals surface area contributed by atoms with Gasteiger partial charge in [0, 0.05) is 11.7 Å². The lowest BCUT2D eigenvalue weighted by Crippen LogP contribution is -2.56. The van der Waals surface area contributed by atoms with Crippen molar-refractivity contribution < 1.29 is 27.1 Å². The lowest BCUT2D eigenvalue weighted by atomic mass is 9.48. The zero-order chi connectivity index (χ0) is 26.4. The molecular formula is C28H33FN2O5S. The molecular weight excluding hydrogens is 495 g/mol. The average molecular weight is 529 g/mol. The van der Waals surface area contributed by atoms with Crippen LogP contribution in [0.5, 0.6) is 0 Å². The van der Waals surface area contributed by atoms with Gasteiger partial charge in [0.05, 0.1) is 10.5 Å². The van der Waals surface area contributed by atoms with Crippen LogP contribution in [0.4, 0.5) is 10.1 Å². The Morgan fingerprint density at radius 2 is 1.70 bits per heavy atom. The van der Waals surface area contributed by atoms with Crippen LogP contribution in [0.3, 0.4) is 0 Å². The zero-order valence-corrected chi connectivity index (χ0v) is 21.9. The first kappa shape index (κ1) is 25.7. The van der Waals surface area contributed by atoms with Crippen LogP contribution < -0.4 is 10.0 Å². The third kappa shape index (κ3) is 5.37. The van der Waals surface area contributed by atoms with Crippen molar-refractivity contribution in [2.75, 3.05) is 11.3 Å². The molecule has 4 aliphatic carbocycles. The SMILES string of the molecule is Cc1ccc(F)cc1S(=O)(=O)Nc1cccc(C(=O)OCC(=O)N[C@@H](C)C23CC4CC(CC(C4)C2)C3)c1. The molecule has 1 amide bonds. The monoisotopic (exact) mass is 528 g/mol. The van der Waals surface area contributed by atoms with Gasteiger partial charge < -0.3 is 10.1 Å². The largest absolute Gasteiger partial charge is 0.452 e. The van der Waals surface area contributed by atoms with E-state index in [1.54, 1.807) is 6.92 Å². The van der Waals surface area contributed by atoms with Crippen molar-refractivity contribution >= 4 is 27.6 Å². The molecule has 6 rings (SSSR count). The molecule has 0 aromatic heterocycles. The fourth-order valence-electron chi connectivity index (χ4n) is 7.14. The molecule has 37 heavy (non-hydrogen) atoms. The summed E-state index contributed by atoms with van der Waals surface area (Å²) in [5.74, 6) is 0.587. The lowest BCUT2D eigenvalue weighted by molar-refractivity contribution is -0.128. The number of amides is 1. The van der Waals surface area contributed by atoms with E-state index in [-0.39, 0.29) is 33.5 Å².